The Balaban J connectivity index is 2.07. The second-order valence-corrected chi connectivity index (χ2v) is 5.01. The Hall–Kier alpha value is -1.29. The van der Waals surface area contributed by atoms with Gasteiger partial charge < -0.3 is 15.0 Å². The maximum Gasteiger partial charge on any atom is 0.171 e. The van der Waals surface area contributed by atoms with Gasteiger partial charge in [0.05, 0.1) is 6.61 Å². The highest BCUT2D eigenvalue weighted by Crippen LogP contribution is 2.26. The molecule has 1 aromatic rings. The molecule has 1 unspecified atom stereocenters. The van der Waals surface area contributed by atoms with E-state index < -0.39 is 0 Å². The Bertz CT molecular complexity index is 377. The van der Waals surface area contributed by atoms with Crippen LogP contribution in [0.15, 0.2) is 18.3 Å². The van der Waals surface area contributed by atoms with Crippen molar-refractivity contribution in [1.82, 2.24) is 10.3 Å². The summed E-state index contributed by atoms with van der Waals surface area (Å²) in [7, 11) is 0. The molecule has 0 spiro atoms. The van der Waals surface area contributed by atoms with Gasteiger partial charge in [-0.1, -0.05) is 0 Å². The lowest BCUT2D eigenvalue weighted by Crippen LogP contribution is -2.38. The molecule has 19 heavy (non-hydrogen) atoms. The van der Waals surface area contributed by atoms with Gasteiger partial charge in [-0.2, -0.15) is 0 Å². The standard InChI is InChI=1S/C15H25N3O/c1-3-18(12-13-7-5-9-16-11-13)15-14(19-4-2)8-6-10-17-15/h6,8,10,13,16H,3-5,7,9,11-12H2,1-2H3. The van der Waals surface area contributed by atoms with E-state index >= 15 is 0 Å². The summed E-state index contributed by atoms with van der Waals surface area (Å²) in [5.74, 6) is 2.60. The van der Waals surface area contributed by atoms with Crippen LogP contribution in [-0.2, 0) is 0 Å². The lowest BCUT2D eigenvalue weighted by molar-refractivity contribution is 0.336. The quantitative estimate of drug-likeness (QED) is 0.854. The first-order chi connectivity index (χ1) is 9.35. The third-order valence-corrected chi connectivity index (χ3v) is 3.61. The topological polar surface area (TPSA) is 37.4 Å². The highest BCUT2D eigenvalue weighted by atomic mass is 16.5. The Kier molecular flexibility index (Phi) is 5.45. The number of piperidine rings is 1. The van der Waals surface area contributed by atoms with Crippen molar-refractivity contribution in [2.24, 2.45) is 5.92 Å². The summed E-state index contributed by atoms with van der Waals surface area (Å²) in [6.45, 7) is 9.18. The molecule has 1 atom stereocenters. The van der Waals surface area contributed by atoms with Gasteiger partial charge in [0.1, 0.15) is 0 Å². The van der Waals surface area contributed by atoms with E-state index in [0.29, 0.717) is 12.5 Å². The minimum Gasteiger partial charge on any atom is -0.490 e. The van der Waals surface area contributed by atoms with E-state index in [2.05, 4.69) is 22.1 Å². The van der Waals surface area contributed by atoms with Gasteiger partial charge in [-0.3, -0.25) is 0 Å². The smallest absolute Gasteiger partial charge is 0.171 e. The molecule has 0 amide bonds. The zero-order chi connectivity index (χ0) is 13.5. The maximum absolute atomic E-state index is 5.69. The van der Waals surface area contributed by atoms with E-state index in [9.17, 15) is 0 Å². The number of nitrogens with one attached hydrogen (secondary N) is 1. The second-order valence-electron chi connectivity index (χ2n) is 5.01. The normalized spacial score (nSPS) is 19.2. The van der Waals surface area contributed by atoms with Gasteiger partial charge in [0.15, 0.2) is 11.6 Å². The first kappa shape index (κ1) is 14.1. The fourth-order valence-corrected chi connectivity index (χ4v) is 2.64. The number of pyridine rings is 1. The summed E-state index contributed by atoms with van der Waals surface area (Å²) in [5.41, 5.74) is 0. The molecule has 4 heteroatoms. The molecular weight excluding hydrogens is 238 g/mol. The largest absolute Gasteiger partial charge is 0.490 e. The van der Waals surface area contributed by atoms with Crippen molar-refractivity contribution >= 4 is 5.82 Å². The first-order valence-electron chi connectivity index (χ1n) is 7.38. The Morgan fingerprint density at radius 3 is 3.05 bits per heavy atom. The first-order valence-corrected chi connectivity index (χ1v) is 7.38. The lowest BCUT2D eigenvalue weighted by atomic mass is 9.99. The van der Waals surface area contributed by atoms with E-state index in [1.165, 1.54) is 12.8 Å². The van der Waals surface area contributed by atoms with E-state index in [0.717, 1.165) is 37.7 Å². The Morgan fingerprint density at radius 2 is 2.37 bits per heavy atom. The van der Waals surface area contributed by atoms with Crippen molar-refractivity contribution < 1.29 is 4.74 Å². The molecule has 1 saturated heterocycles. The van der Waals surface area contributed by atoms with Crippen LogP contribution in [0.5, 0.6) is 5.75 Å². The molecule has 106 valence electrons. The van der Waals surface area contributed by atoms with Crippen LogP contribution in [0.4, 0.5) is 5.82 Å². The fraction of sp³-hybridized carbons (Fsp3) is 0.667. The van der Waals surface area contributed by atoms with Crippen LogP contribution in [-0.4, -0.2) is 37.8 Å². The van der Waals surface area contributed by atoms with E-state index in [1.807, 2.05) is 25.3 Å². The van der Waals surface area contributed by atoms with Crippen LogP contribution < -0.4 is 15.0 Å². The number of ether oxygens (including phenoxy) is 1. The molecule has 1 aliphatic heterocycles. The molecule has 1 aliphatic rings. The molecule has 0 aromatic carbocycles. The Morgan fingerprint density at radius 1 is 1.47 bits per heavy atom. The van der Waals surface area contributed by atoms with Gasteiger partial charge in [0.25, 0.3) is 0 Å². The molecule has 0 saturated carbocycles. The fourth-order valence-electron chi connectivity index (χ4n) is 2.64. The molecule has 1 fully saturated rings. The molecule has 1 aromatic heterocycles. The number of hydrogen-bond donors (Lipinski definition) is 1. The molecule has 2 heterocycles. The van der Waals surface area contributed by atoms with Crippen molar-refractivity contribution in [2.45, 2.75) is 26.7 Å². The number of nitrogens with zero attached hydrogens (tertiary/aromatic N) is 2. The van der Waals surface area contributed by atoms with Crippen LogP contribution in [0, 0.1) is 5.92 Å². The average Bonchev–Trinajstić information content (AvgIpc) is 2.47. The van der Waals surface area contributed by atoms with E-state index in [4.69, 9.17) is 4.74 Å². The zero-order valence-corrected chi connectivity index (χ0v) is 12.1. The van der Waals surface area contributed by atoms with Crippen molar-refractivity contribution in [3.63, 3.8) is 0 Å². The number of rotatable bonds is 6. The molecule has 0 bridgehead atoms. The number of aromatic nitrogens is 1. The predicted octanol–water partition coefficient (Wildman–Crippen LogP) is 2.31. The molecule has 1 N–H and O–H groups in total. The molecule has 0 radical (unpaired) electrons. The van der Waals surface area contributed by atoms with Crippen LogP contribution in [0.1, 0.15) is 26.7 Å². The maximum atomic E-state index is 5.69. The van der Waals surface area contributed by atoms with E-state index in [-0.39, 0.29) is 0 Å². The molecule has 0 aliphatic carbocycles. The van der Waals surface area contributed by atoms with Crippen LogP contribution in [0.3, 0.4) is 0 Å². The van der Waals surface area contributed by atoms with Gasteiger partial charge in [-0.15, -0.1) is 0 Å². The third kappa shape index (κ3) is 3.83. The molecule has 2 rings (SSSR count). The van der Waals surface area contributed by atoms with Crippen molar-refractivity contribution in [2.75, 3.05) is 37.7 Å². The van der Waals surface area contributed by atoms with Crippen molar-refractivity contribution in [1.29, 1.82) is 0 Å². The summed E-state index contributed by atoms with van der Waals surface area (Å²) < 4.78 is 5.69. The minimum absolute atomic E-state index is 0.682. The summed E-state index contributed by atoms with van der Waals surface area (Å²) in [6, 6.07) is 3.94. The van der Waals surface area contributed by atoms with Gasteiger partial charge in [-0.25, -0.2) is 4.98 Å². The summed E-state index contributed by atoms with van der Waals surface area (Å²) >= 11 is 0. The van der Waals surface area contributed by atoms with E-state index in [1.54, 1.807) is 0 Å². The summed E-state index contributed by atoms with van der Waals surface area (Å²) in [5, 5.41) is 3.48. The zero-order valence-electron chi connectivity index (χ0n) is 12.1. The van der Waals surface area contributed by atoms with Crippen molar-refractivity contribution in [3.05, 3.63) is 18.3 Å². The Labute approximate surface area is 116 Å². The highest BCUT2D eigenvalue weighted by Gasteiger charge is 2.19. The minimum atomic E-state index is 0.682. The SMILES string of the molecule is CCOc1cccnc1N(CC)CC1CCCNC1. The average molecular weight is 263 g/mol. The van der Waals surface area contributed by atoms with Gasteiger partial charge >= 0.3 is 0 Å². The van der Waals surface area contributed by atoms with Gasteiger partial charge in [-0.05, 0) is 57.8 Å². The lowest BCUT2D eigenvalue weighted by Gasteiger charge is -2.31. The van der Waals surface area contributed by atoms with Gasteiger partial charge in [0, 0.05) is 19.3 Å². The van der Waals surface area contributed by atoms with Crippen molar-refractivity contribution in [3.8, 4) is 5.75 Å². The molecule has 4 nitrogen and oxygen atoms in total. The second kappa shape index (κ2) is 7.34. The predicted molar refractivity (Wildman–Crippen MR) is 78.9 cm³/mol. The monoisotopic (exact) mass is 263 g/mol. The molecular formula is C15H25N3O. The van der Waals surface area contributed by atoms with Crippen LogP contribution >= 0.6 is 0 Å². The summed E-state index contributed by atoms with van der Waals surface area (Å²) in [4.78, 5) is 6.85. The van der Waals surface area contributed by atoms with Crippen LogP contribution in [0.25, 0.3) is 0 Å². The third-order valence-electron chi connectivity index (χ3n) is 3.61. The number of hydrogen-bond acceptors (Lipinski definition) is 4. The summed E-state index contributed by atoms with van der Waals surface area (Å²) in [6.07, 6.45) is 4.43. The van der Waals surface area contributed by atoms with Gasteiger partial charge in [0.2, 0.25) is 0 Å². The number of anilines is 1. The highest BCUT2D eigenvalue weighted by molar-refractivity contribution is 5.52. The van der Waals surface area contributed by atoms with Crippen LogP contribution in [0.2, 0.25) is 0 Å².